The molecule has 94 valence electrons. The summed E-state index contributed by atoms with van der Waals surface area (Å²) in [5.74, 6) is 0.317. The Morgan fingerprint density at radius 3 is 2.59 bits per heavy atom. The third kappa shape index (κ3) is 2.36. The normalized spacial score (nSPS) is 24.6. The van der Waals surface area contributed by atoms with Crippen LogP contribution < -0.4 is 10.6 Å². The maximum atomic E-state index is 13.0. The minimum Gasteiger partial charge on any atom is -0.397 e. The topological polar surface area (TPSA) is 32.5 Å². The van der Waals surface area contributed by atoms with Gasteiger partial charge in [-0.25, -0.2) is 4.39 Å². The number of hydrogen-bond donors (Lipinski definition) is 1. The molecule has 0 radical (unpaired) electrons. The van der Waals surface area contributed by atoms with Gasteiger partial charge in [-0.1, -0.05) is 6.92 Å². The molecule has 2 N–H and O–H groups in total. The third-order valence-electron chi connectivity index (χ3n) is 3.57. The van der Waals surface area contributed by atoms with Gasteiger partial charge in [0, 0.05) is 19.1 Å². The minimum absolute atomic E-state index is 0.275. The molecule has 1 aliphatic rings. The van der Waals surface area contributed by atoms with Crippen molar-refractivity contribution in [2.24, 2.45) is 5.92 Å². The monoisotopic (exact) mass is 237 g/mol. The van der Waals surface area contributed by atoms with Gasteiger partial charge in [-0.15, -0.1) is 0 Å². The first-order valence-corrected chi connectivity index (χ1v) is 5.95. The van der Waals surface area contributed by atoms with Crippen molar-refractivity contribution >= 4 is 11.4 Å². The van der Waals surface area contributed by atoms with Crippen LogP contribution in [0, 0.1) is 11.7 Å². The number of nitrogens with two attached hydrogens (primary N) is 1. The van der Waals surface area contributed by atoms with Crippen molar-refractivity contribution in [2.75, 3.05) is 37.8 Å². The predicted octanol–water partition coefficient (Wildman–Crippen LogP) is 1.79. The van der Waals surface area contributed by atoms with Gasteiger partial charge < -0.3 is 15.5 Å². The molecular weight excluding hydrogens is 217 g/mol. The maximum absolute atomic E-state index is 13.0. The van der Waals surface area contributed by atoms with Crippen molar-refractivity contribution in [1.82, 2.24) is 4.90 Å². The van der Waals surface area contributed by atoms with Gasteiger partial charge in [0.1, 0.15) is 5.82 Å². The molecule has 0 saturated carbocycles. The zero-order valence-electron chi connectivity index (χ0n) is 10.7. The summed E-state index contributed by atoms with van der Waals surface area (Å²) in [5, 5.41) is 0. The van der Waals surface area contributed by atoms with E-state index in [2.05, 4.69) is 30.8 Å². The quantitative estimate of drug-likeness (QED) is 0.796. The summed E-state index contributed by atoms with van der Waals surface area (Å²) in [5.41, 5.74) is 7.34. The highest BCUT2D eigenvalue weighted by molar-refractivity contribution is 5.68. The number of nitrogens with zero attached hydrogens (tertiary/aromatic N) is 2. The Bertz CT molecular complexity index is 406. The van der Waals surface area contributed by atoms with E-state index in [4.69, 9.17) is 5.73 Å². The summed E-state index contributed by atoms with van der Waals surface area (Å²) in [7, 11) is 4.19. The summed E-state index contributed by atoms with van der Waals surface area (Å²) >= 11 is 0. The first kappa shape index (κ1) is 12.2. The van der Waals surface area contributed by atoms with Crippen LogP contribution in [0.15, 0.2) is 18.2 Å². The second kappa shape index (κ2) is 4.53. The first-order chi connectivity index (χ1) is 7.99. The van der Waals surface area contributed by atoms with E-state index < -0.39 is 0 Å². The average Bonchev–Trinajstić information content (AvgIpc) is 2.60. The first-order valence-electron chi connectivity index (χ1n) is 5.95. The van der Waals surface area contributed by atoms with Crippen molar-refractivity contribution in [2.45, 2.75) is 13.0 Å². The van der Waals surface area contributed by atoms with Crippen LogP contribution in [0.2, 0.25) is 0 Å². The van der Waals surface area contributed by atoms with Gasteiger partial charge in [0.2, 0.25) is 0 Å². The second-order valence-electron chi connectivity index (χ2n) is 5.12. The minimum atomic E-state index is -0.275. The van der Waals surface area contributed by atoms with E-state index in [0.717, 1.165) is 18.8 Å². The molecule has 0 spiro atoms. The zero-order valence-corrected chi connectivity index (χ0v) is 10.7. The number of rotatable bonds is 2. The van der Waals surface area contributed by atoms with Gasteiger partial charge in [-0.05, 0) is 38.2 Å². The molecule has 1 aliphatic heterocycles. The summed E-state index contributed by atoms with van der Waals surface area (Å²) in [6.45, 7) is 4.16. The highest BCUT2D eigenvalue weighted by atomic mass is 19.1. The van der Waals surface area contributed by atoms with E-state index in [1.165, 1.54) is 12.1 Å². The second-order valence-corrected chi connectivity index (χ2v) is 5.12. The van der Waals surface area contributed by atoms with Crippen molar-refractivity contribution in [3.8, 4) is 0 Å². The Morgan fingerprint density at radius 1 is 1.35 bits per heavy atom. The Kier molecular flexibility index (Phi) is 3.24. The largest absolute Gasteiger partial charge is 0.397 e. The third-order valence-corrected chi connectivity index (χ3v) is 3.57. The molecule has 0 aliphatic carbocycles. The molecule has 1 aromatic rings. The maximum Gasteiger partial charge on any atom is 0.125 e. The summed E-state index contributed by atoms with van der Waals surface area (Å²) in [4.78, 5) is 4.48. The lowest BCUT2D eigenvalue weighted by Gasteiger charge is -2.23. The molecule has 2 unspecified atom stereocenters. The van der Waals surface area contributed by atoms with Crippen LogP contribution in [-0.4, -0.2) is 38.1 Å². The smallest absolute Gasteiger partial charge is 0.125 e. The summed E-state index contributed by atoms with van der Waals surface area (Å²) in [6, 6.07) is 5.16. The highest BCUT2D eigenvalue weighted by Gasteiger charge is 2.31. The van der Waals surface area contributed by atoms with Crippen LogP contribution in [-0.2, 0) is 0 Å². The molecular formula is C13H20FN3. The average molecular weight is 237 g/mol. The van der Waals surface area contributed by atoms with E-state index in [0.29, 0.717) is 17.6 Å². The molecule has 1 saturated heterocycles. The number of anilines is 2. The molecule has 1 fully saturated rings. The number of halogens is 1. The fourth-order valence-corrected chi connectivity index (χ4v) is 2.63. The van der Waals surface area contributed by atoms with Gasteiger partial charge in [0.25, 0.3) is 0 Å². The number of likely N-dealkylation sites (N-methyl/N-ethyl adjacent to an activating group) is 1. The lowest BCUT2D eigenvalue weighted by Crippen LogP contribution is -2.34. The fourth-order valence-electron chi connectivity index (χ4n) is 2.63. The van der Waals surface area contributed by atoms with Gasteiger partial charge in [0.05, 0.1) is 11.4 Å². The molecule has 17 heavy (non-hydrogen) atoms. The molecule has 2 atom stereocenters. The molecule has 0 aromatic heterocycles. The molecule has 1 heterocycles. The Hall–Kier alpha value is -1.29. The number of hydrogen-bond acceptors (Lipinski definition) is 3. The van der Waals surface area contributed by atoms with E-state index in [9.17, 15) is 4.39 Å². The van der Waals surface area contributed by atoms with Crippen LogP contribution in [0.5, 0.6) is 0 Å². The van der Waals surface area contributed by atoms with E-state index >= 15 is 0 Å². The summed E-state index contributed by atoms with van der Waals surface area (Å²) in [6.07, 6.45) is 0. The SMILES string of the molecule is CC1CN(c2ccc(F)cc2N)CC1N(C)C. The van der Waals surface area contributed by atoms with Crippen LogP contribution in [0.25, 0.3) is 0 Å². The van der Waals surface area contributed by atoms with E-state index in [-0.39, 0.29) is 5.82 Å². The van der Waals surface area contributed by atoms with Crippen molar-refractivity contribution in [3.05, 3.63) is 24.0 Å². The predicted molar refractivity (Wildman–Crippen MR) is 69.7 cm³/mol. The van der Waals surface area contributed by atoms with E-state index in [1.807, 2.05) is 0 Å². The van der Waals surface area contributed by atoms with Crippen molar-refractivity contribution in [1.29, 1.82) is 0 Å². The van der Waals surface area contributed by atoms with Gasteiger partial charge >= 0.3 is 0 Å². The van der Waals surface area contributed by atoms with Gasteiger partial charge in [-0.2, -0.15) is 0 Å². The Morgan fingerprint density at radius 2 is 2.06 bits per heavy atom. The standard InChI is InChI=1S/C13H20FN3/c1-9-7-17(8-13(9)16(2)3)12-5-4-10(14)6-11(12)15/h4-6,9,13H,7-8,15H2,1-3H3. The molecule has 1 aromatic carbocycles. The van der Waals surface area contributed by atoms with Crippen LogP contribution in [0.4, 0.5) is 15.8 Å². The molecule has 3 nitrogen and oxygen atoms in total. The number of benzene rings is 1. The van der Waals surface area contributed by atoms with Crippen molar-refractivity contribution in [3.63, 3.8) is 0 Å². The van der Waals surface area contributed by atoms with Gasteiger partial charge in [-0.3, -0.25) is 0 Å². The molecule has 0 bridgehead atoms. The Balaban J connectivity index is 2.19. The van der Waals surface area contributed by atoms with E-state index in [1.54, 1.807) is 6.07 Å². The highest BCUT2D eigenvalue weighted by Crippen LogP contribution is 2.30. The fraction of sp³-hybridized carbons (Fsp3) is 0.538. The molecule has 4 heteroatoms. The van der Waals surface area contributed by atoms with Gasteiger partial charge in [0.15, 0.2) is 0 Å². The van der Waals surface area contributed by atoms with Crippen LogP contribution in [0.3, 0.4) is 0 Å². The van der Waals surface area contributed by atoms with Crippen LogP contribution in [0.1, 0.15) is 6.92 Å². The van der Waals surface area contributed by atoms with Crippen LogP contribution >= 0.6 is 0 Å². The summed E-state index contributed by atoms with van der Waals surface area (Å²) < 4.78 is 13.0. The zero-order chi connectivity index (χ0) is 12.6. The lowest BCUT2D eigenvalue weighted by molar-refractivity contribution is 0.266. The van der Waals surface area contributed by atoms with Crippen molar-refractivity contribution < 1.29 is 4.39 Å². The molecule has 2 rings (SSSR count). The Labute approximate surface area is 102 Å². The number of nitrogen functional groups attached to an aromatic ring is 1. The molecule has 0 amide bonds. The lowest BCUT2D eigenvalue weighted by atomic mass is 10.1.